The molecule has 0 saturated carbocycles. The number of nitrogens with one attached hydrogen (secondary N) is 6. The summed E-state index contributed by atoms with van der Waals surface area (Å²) in [6.07, 6.45) is 3.56. The van der Waals surface area contributed by atoms with E-state index < -0.39 is 12.1 Å². The van der Waals surface area contributed by atoms with Gasteiger partial charge >= 0.3 is 0 Å². The average molecular weight is 824 g/mol. The average Bonchev–Trinajstić information content (AvgIpc) is 3.25. The van der Waals surface area contributed by atoms with Gasteiger partial charge in [0.1, 0.15) is 12.1 Å². The summed E-state index contributed by atoms with van der Waals surface area (Å²) < 4.78 is 0. The first kappa shape index (κ1) is 42.4. The quantitative estimate of drug-likeness (QED) is 0.0885. The predicted molar refractivity (Wildman–Crippen MR) is 231 cm³/mol. The van der Waals surface area contributed by atoms with Gasteiger partial charge in [0.05, 0.1) is 32.9 Å². The Morgan fingerprint density at radius 2 is 0.712 bits per heavy atom. The molecular formula is C49H48Cl2N6O2. The van der Waals surface area contributed by atoms with Gasteiger partial charge in [-0.05, 0) is 54.7 Å². The Morgan fingerprint density at radius 1 is 0.407 bits per heavy atom. The van der Waals surface area contributed by atoms with E-state index in [1.165, 1.54) is 0 Å². The molecule has 0 radical (unpaired) electrons. The summed E-state index contributed by atoms with van der Waals surface area (Å²) in [5.41, 5.74) is 8.09. The molecule has 8 aromatic rings. The van der Waals surface area contributed by atoms with Crippen LogP contribution in [-0.2, 0) is 22.4 Å². The van der Waals surface area contributed by atoms with E-state index in [0.29, 0.717) is 25.9 Å². The topological polar surface area (TPSA) is 111 Å². The first-order valence-electron chi connectivity index (χ1n) is 19.9. The first-order chi connectivity index (χ1) is 28.1. The molecule has 59 heavy (non-hydrogen) atoms. The summed E-state index contributed by atoms with van der Waals surface area (Å²) >= 11 is 0. The van der Waals surface area contributed by atoms with E-state index in [0.717, 1.165) is 85.4 Å². The molecule has 8 rings (SSSR count). The Hall–Kier alpha value is -6.22. The van der Waals surface area contributed by atoms with Crippen LogP contribution in [0.3, 0.4) is 0 Å². The van der Waals surface area contributed by atoms with Crippen molar-refractivity contribution in [2.75, 3.05) is 23.7 Å². The number of pyridine rings is 2. The van der Waals surface area contributed by atoms with Crippen molar-refractivity contribution in [2.45, 2.75) is 44.2 Å². The van der Waals surface area contributed by atoms with Crippen LogP contribution in [0.25, 0.3) is 43.6 Å². The van der Waals surface area contributed by atoms with Crippen LogP contribution in [0.5, 0.6) is 0 Å². The molecule has 6 N–H and O–H groups in total. The Balaban J connectivity index is 0.00000293. The first-order valence-corrected chi connectivity index (χ1v) is 19.9. The molecule has 0 saturated heterocycles. The largest absolute Gasteiger partial charge is 1.00 e. The van der Waals surface area contributed by atoms with Crippen LogP contribution in [0.2, 0.25) is 0 Å². The lowest BCUT2D eigenvalue weighted by atomic mass is 10.0. The number of fused-ring (bicyclic) bond motifs is 4. The number of carbonyl (C=O) groups is 2. The maximum Gasteiger partial charge on any atom is 0.242 e. The van der Waals surface area contributed by atoms with Gasteiger partial charge in [-0.3, -0.25) is 9.59 Å². The normalized spacial score (nSPS) is 11.9. The number of hydrogen-bond acceptors (Lipinski definition) is 4. The van der Waals surface area contributed by atoms with E-state index in [-0.39, 0.29) is 36.6 Å². The Morgan fingerprint density at radius 3 is 1.05 bits per heavy atom. The number of rotatable bonds is 16. The van der Waals surface area contributed by atoms with Crippen LogP contribution in [0.1, 0.15) is 30.4 Å². The molecule has 300 valence electrons. The molecule has 2 amide bonds. The number of H-pyrrole nitrogens is 2. The molecule has 2 atom stereocenters. The van der Waals surface area contributed by atoms with E-state index in [4.69, 9.17) is 0 Å². The molecule has 0 aliphatic rings. The highest BCUT2D eigenvalue weighted by atomic mass is 35.5. The molecule has 8 nitrogen and oxygen atoms in total. The molecule has 0 bridgehead atoms. The Labute approximate surface area is 357 Å². The highest BCUT2D eigenvalue weighted by Gasteiger charge is 2.24. The van der Waals surface area contributed by atoms with Gasteiger partial charge in [-0.2, -0.15) is 0 Å². The molecule has 2 unspecified atom stereocenters. The van der Waals surface area contributed by atoms with Crippen molar-refractivity contribution in [3.63, 3.8) is 0 Å². The minimum atomic E-state index is -0.480. The van der Waals surface area contributed by atoms with Gasteiger partial charge in [0.2, 0.25) is 33.9 Å². The summed E-state index contributed by atoms with van der Waals surface area (Å²) in [7, 11) is 0. The number of hydrogen-bond donors (Lipinski definition) is 4. The SMILES string of the molecule is O=C(NCCCCCNC(=O)C(Cc1ccccc1)Nc1c2ccccc2[nH+]c2ccccc12)C(Cc1ccccc1)Nc1c2ccccc2[nH+]c2ccccc12.[Cl-].[Cl-]. The standard InChI is InChI=1S/C49H46N6O2.2ClH/c56-48(44(32-34-18-4-1-5-19-34)54-46-36-22-8-12-26-40(36)52-41-27-13-9-23-37(41)46)50-30-16-3-17-31-51-49(57)45(33-35-20-6-2-7-21-35)55-47-38-24-10-14-28-42(38)53-43-29-15-11-25-39(43)47;;/h1-2,4-15,18-29,44-45H,3,16-17,30-33H2,(H,50,56)(H,51,57)(H,52,54)(H,53,55);2*1H. The van der Waals surface area contributed by atoms with Crippen molar-refractivity contribution >= 4 is 66.8 Å². The second kappa shape index (κ2) is 20.5. The molecule has 0 aliphatic heterocycles. The fourth-order valence-corrected chi connectivity index (χ4v) is 7.69. The summed E-state index contributed by atoms with van der Waals surface area (Å²) in [4.78, 5) is 34.9. The van der Waals surface area contributed by atoms with Gasteiger partial charge in [-0.25, -0.2) is 9.97 Å². The predicted octanol–water partition coefficient (Wildman–Crippen LogP) is 2.08. The van der Waals surface area contributed by atoms with E-state index in [2.05, 4.69) is 104 Å². The zero-order valence-corrected chi connectivity index (χ0v) is 34.2. The number of aromatic nitrogens is 2. The third-order valence-corrected chi connectivity index (χ3v) is 10.6. The number of aromatic amines is 2. The Kier molecular flexibility index (Phi) is 14.7. The van der Waals surface area contributed by atoms with Crippen LogP contribution in [-0.4, -0.2) is 37.0 Å². The van der Waals surface area contributed by atoms with E-state index in [9.17, 15) is 9.59 Å². The van der Waals surface area contributed by atoms with Crippen LogP contribution < -0.4 is 56.0 Å². The number of amides is 2. The summed E-state index contributed by atoms with van der Waals surface area (Å²) in [6.45, 7) is 1.10. The van der Waals surface area contributed by atoms with Gasteiger partial charge < -0.3 is 46.1 Å². The Bertz CT molecular complexity index is 2350. The monoisotopic (exact) mass is 822 g/mol. The minimum Gasteiger partial charge on any atom is -1.00 e. The van der Waals surface area contributed by atoms with Crippen LogP contribution in [0.4, 0.5) is 11.4 Å². The number of unbranched alkanes of at least 4 members (excludes halogenated alkanes) is 2. The second-order valence-electron chi connectivity index (χ2n) is 14.6. The molecule has 2 aromatic heterocycles. The summed E-state index contributed by atoms with van der Waals surface area (Å²) in [5.74, 6) is -0.0805. The third-order valence-electron chi connectivity index (χ3n) is 10.6. The van der Waals surface area contributed by atoms with Gasteiger partial charge in [0.15, 0.2) is 0 Å². The third kappa shape index (κ3) is 10.3. The molecular weight excluding hydrogens is 775 g/mol. The lowest BCUT2D eigenvalue weighted by molar-refractivity contribution is -0.310. The van der Waals surface area contributed by atoms with Crippen LogP contribution >= 0.6 is 0 Å². The zero-order chi connectivity index (χ0) is 38.8. The van der Waals surface area contributed by atoms with E-state index in [1.54, 1.807) is 0 Å². The molecule has 2 heterocycles. The van der Waals surface area contributed by atoms with Crippen LogP contribution in [0.15, 0.2) is 158 Å². The smallest absolute Gasteiger partial charge is 0.242 e. The maximum atomic E-state index is 13.9. The number of benzene rings is 6. The highest BCUT2D eigenvalue weighted by Crippen LogP contribution is 2.31. The number of halogens is 2. The summed E-state index contributed by atoms with van der Waals surface area (Å²) in [5, 5.41) is 17.9. The number of carbonyl (C=O) groups excluding carboxylic acids is 2. The van der Waals surface area contributed by atoms with Crippen LogP contribution in [0, 0.1) is 0 Å². The summed E-state index contributed by atoms with van der Waals surface area (Å²) in [6, 6.07) is 52.1. The fraction of sp³-hybridized carbons (Fsp3) is 0.184. The van der Waals surface area contributed by atoms with Crippen molar-refractivity contribution in [2.24, 2.45) is 0 Å². The number of anilines is 2. The lowest BCUT2D eigenvalue weighted by Crippen LogP contribution is -3.00. The number of para-hydroxylation sites is 4. The van der Waals surface area contributed by atoms with E-state index >= 15 is 0 Å². The maximum absolute atomic E-state index is 13.9. The van der Waals surface area contributed by atoms with Gasteiger partial charge in [-0.1, -0.05) is 109 Å². The van der Waals surface area contributed by atoms with Crippen molar-refractivity contribution < 1.29 is 44.4 Å². The van der Waals surface area contributed by atoms with Crippen molar-refractivity contribution in [1.82, 2.24) is 10.6 Å². The fourth-order valence-electron chi connectivity index (χ4n) is 7.69. The molecule has 0 spiro atoms. The van der Waals surface area contributed by atoms with Gasteiger partial charge in [-0.15, -0.1) is 0 Å². The van der Waals surface area contributed by atoms with Crippen molar-refractivity contribution in [1.29, 1.82) is 0 Å². The lowest BCUT2D eigenvalue weighted by Gasteiger charge is -2.21. The van der Waals surface area contributed by atoms with Gasteiger partial charge in [0, 0.05) is 50.2 Å². The molecule has 0 aliphatic carbocycles. The minimum absolute atomic E-state index is 0. The molecule has 0 fully saturated rings. The zero-order valence-electron chi connectivity index (χ0n) is 32.7. The van der Waals surface area contributed by atoms with Gasteiger partial charge in [0.25, 0.3) is 0 Å². The second-order valence-corrected chi connectivity index (χ2v) is 14.6. The molecule has 6 aromatic carbocycles. The van der Waals surface area contributed by atoms with Crippen molar-refractivity contribution in [3.05, 3.63) is 169 Å². The highest BCUT2D eigenvalue weighted by molar-refractivity contribution is 6.07. The molecule has 10 heteroatoms. The van der Waals surface area contributed by atoms with E-state index in [1.807, 2.05) is 84.9 Å². The van der Waals surface area contributed by atoms with Crippen molar-refractivity contribution in [3.8, 4) is 0 Å².